The molecule has 2 fully saturated rings. The average Bonchev–Trinajstić information content (AvgIpc) is 2.71. The van der Waals surface area contributed by atoms with Gasteiger partial charge in [-0.1, -0.05) is 24.3 Å². The lowest BCUT2D eigenvalue weighted by molar-refractivity contribution is -0.142. The Balaban J connectivity index is 1.61. The van der Waals surface area contributed by atoms with Gasteiger partial charge in [0.05, 0.1) is 18.6 Å². The molecule has 2 aromatic carbocycles. The van der Waals surface area contributed by atoms with Gasteiger partial charge in [-0.3, -0.25) is 15.0 Å². The van der Waals surface area contributed by atoms with Crippen molar-refractivity contribution in [3.63, 3.8) is 0 Å². The molecule has 2 unspecified atom stereocenters. The summed E-state index contributed by atoms with van der Waals surface area (Å²) in [6, 6.07) is 11.4. The van der Waals surface area contributed by atoms with Crippen molar-refractivity contribution >= 4 is 11.9 Å². The van der Waals surface area contributed by atoms with Gasteiger partial charge in [0.15, 0.2) is 0 Å². The summed E-state index contributed by atoms with van der Waals surface area (Å²) in [5, 5.41) is 3.29. The van der Waals surface area contributed by atoms with Gasteiger partial charge in [0.2, 0.25) is 5.91 Å². The van der Waals surface area contributed by atoms with Crippen LogP contribution in [0.2, 0.25) is 0 Å². The minimum absolute atomic E-state index is 0.0983. The molecule has 2 aliphatic rings. The van der Waals surface area contributed by atoms with E-state index in [1.807, 2.05) is 0 Å². The smallest absolute Gasteiger partial charge is 0.304 e. The van der Waals surface area contributed by atoms with Crippen LogP contribution in [-0.2, 0) is 17.9 Å². The SMILES string of the molecule is O=C1C2CCCNC2N(Cc2ccc(F)cc2)C(=O)N1Cc1ccc(F)cc1. The molecule has 4 rings (SSSR count). The Labute approximate surface area is 161 Å². The van der Waals surface area contributed by atoms with Gasteiger partial charge < -0.3 is 4.90 Å². The Morgan fingerprint density at radius 2 is 1.46 bits per heavy atom. The highest BCUT2D eigenvalue weighted by atomic mass is 19.1. The molecule has 7 heteroatoms. The molecule has 3 amide bonds. The van der Waals surface area contributed by atoms with Crippen molar-refractivity contribution in [3.8, 4) is 0 Å². The molecule has 2 atom stereocenters. The number of urea groups is 1. The fourth-order valence-electron chi connectivity index (χ4n) is 3.90. The van der Waals surface area contributed by atoms with Crippen LogP contribution in [0.15, 0.2) is 48.5 Å². The van der Waals surface area contributed by atoms with Gasteiger partial charge in [0.1, 0.15) is 11.6 Å². The molecule has 2 saturated heterocycles. The second kappa shape index (κ2) is 7.67. The molecular weight excluding hydrogens is 364 g/mol. The molecule has 0 spiro atoms. The Morgan fingerprint density at radius 3 is 2.07 bits per heavy atom. The summed E-state index contributed by atoms with van der Waals surface area (Å²) in [5.41, 5.74) is 1.48. The van der Waals surface area contributed by atoms with Crippen molar-refractivity contribution in [1.82, 2.24) is 15.1 Å². The van der Waals surface area contributed by atoms with Crippen LogP contribution in [0.1, 0.15) is 24.0 Å². The molecule has 2 aliphatic heterocycles. The third kappa shape index (κ3) is 3.62. The third-order valence-corrected chi connectivity index (χ3v) is 5.34. The lowest BCUT2D eigenvalue weighted by Crippen LogP contribution is -2.66. The van der Waals surface area contributed by atoms with Gasteiger partial charge >= 0.3 is 6.03 Å². The lowest BCUT2D eigenvalue weighted by Gasteiger charge is -2.47. The van der Waals surface area contributed by atoms with Gasteiger partial charge in [0.25, 0.3) is 0 Å². The van der Waals surface area contributed by atoms with Gasteiger partial charge in [-0.05, 0) is 54.8 Å². The van der Waals surface area contributed by atoms with Gasteiger partial charge in [-0.2, -0.15) is 0 Å². The largest absolute Gasteiger partial charge is 0.328 e. The number of piperidine rings is 1. The quantitative estimate of drug-likeness (QED) is 0.879. The molecule has 0 saturated carbocycles. The summed E-state index contributed by atoms with van der Waals surface area (Å²) in [6.07, 6.45) is 1.18. The molecule has 146 valence electrons. The fraction of sp³-hybridized carbons (Fsp3) is 0.333. The molecule has 28 heavy (non-hydrogen) atoms. The van der Waals surface area contributed by atoms with Crippen molar-refractivity contribution in [2.75, 3.05) is 6.54 Å². The van der Waals surface area contributed by atoms with Crippen molar-refractivity contribution in [2.45, 2.75) is 32.1 Å². The normalized spacial score (nSPS) is 22.4. The van der Waals surface area contributed by atoms with Crippen molar-refractivity contribution in [1.29, 1.82) is 0 Å². The van der Waals surface area contributed by atoms with Gasteiger partial charge in [-0.25, -0.2) is 13.6 Å². The molecule has 0 radical (unpaired) electrons. The lowest BCUT2D eigenvalue weighted by atomic mass is 9.91. The molecule has 5 nitrogen and oxygen atoms in total. The van der Waals surface area contributed by atoms with Crippen LogP contribution in [0, 0.1) is 17.6 Å². The summed E-state index contributed by atoms with van der Waals surface area (Å²) in [4.78, 5) is 29.1. The van der Waals surface area contributed by atoms with E-state index in [-0.39, 0.29) is 42.7 Å². The fourth-order valence-corrected chi connectivity index (χ4v) is 3.90. The number of nitrogens with zero attached hydrogens (tertiary/aromatic N) is 2. The molecule has 1 N–H and O–H groups in total. The van der Waals surface area contributed by atoms with E-state index in [1.54, 1.807) is 29.2 Å². The standard InChI is InChI=1S/C21H21F2N3O2/c22-16-7-3-14(4-8-16)12-25-19-18(2-1-11-24-19)20(27)26(21(25)28)13-15-5-9-17(23)10-6-15/h3-10,18-19,24H,1-2,11-13H2. The summed E-state index contributed by atoms with van der Waals surface area (Å²) in [5.74, 6) is -1.24. The van der Waals surface area contributed by atoms with E-state index in [0.29, 0.717) is 12.0 Å². The van der Waals surface area contributed by atoms with Crippen LogP contribution in [0.5, 0.6) is 0 Å². The number of nitrogens with one attached hydrogen (secondary N) is 1. The van der Waals surface area contributed by atoms with E-state index < -0.39 is 6.03 Å². The Kier molecular flexibility index (Phi) is 5.09. The molecular formula is C21H21F2N3O2. The van der Waals surface area contributed by atoms with Crippen LogP contribution >= 0.6 is 0 Å². The van der Waals surface area contributed by atoms with Crippen molar-refractivity contribution in [3.05, 3.63) is 71.3 Å². The highest BCUT2D eigenvalue weighted by molar-refractivity contribution is 5.98. The maximum Gasteiger partial charge on any atom is 0.328 e. The number of hydrogen-bond acceptors (Lipinski definition) is 3. The number of fused-ring (bicyclic) bond motifs is 1. The zero-order chi connectivity index (χ0) is 19.7. The maximum atomic E-state index is 13.2. The maximum absolute atomic E-state index is 13.2. The van der Waals surface area contributed by atoms with Crippen LogP contribution in [0.4, 0.5) is 13.6 Å². The van der Waals surface area contributed by atoms with Crippen molar-refractivity contribution < 1.29 is 18.4 Å². The number of hydrogen-bond donors (Lipinski definition) is 1. The molecule has 0 aliphatic carbocycles. The number of imide groups is 1. The number of benzene rings is 2. The van der Waals surface area contributed by atoms with E-state index in [4.69, 9.17) is 0 Å². The molecule has 2 heterocycles. The van der Waals surface area contributed by atoms with E-state index >= 15 is 0 Å². The minimum Gasteiger partial charge on any atom is -0.304 e. The minimum atomic E-state index is -0.394. The predicted octanol–water partition coefficient (Wildman–Crippen LogP) is 3.25. The highest BCUT2D eigenvalue weighted by Crippen LogP contribution is 2.30. The molecule has 0 aromatic heterocycles. The third-order valence-electron chi connectivity index (χ3n) is 5.34. The summed E-state index contributed by atoms with van der Waals surface area (Å²) in [6.45, 7) is 1.11. The monoisotopic (exact) mass is 385 g/mol. The first-order chi connectivity index (χ1) is 13.5. The number of halogens is 2. The van der Waals surface area contributed by atoms with Gasteiger partial charge in [-0.15, -0.1) is 0 Å². The van der Waals surface area contributed by atoms with Gasteiger partial charge in [0, 0.05) is 6.54 Å². The van der Waals surface area contributed by atoms with E-state index in [1.165, 1.54) is 29.2 Å². The molecule has 0 bridgehead atoms. The number of rotatable bonds is 4. The van der Waals surface area contributed by atoms with E-state index in [0.717, 1.165) is 18.5 Å². The Hall–Kier alpha value is -2.80. The number of carbonyl (C=O) groups is 2. The second-order valence-electron chi connectivity index (χ2n) is 7.24. The van der Waals surface area contributed by atoms with Crippen LogP contribution < -0.4 is 5.32 Å². The van der Waals surface area contributed by atoms with Crippen LogP contribution in [0.3, 0.4) is 0 Å². The first-order valence-corrected chi connectivity index (χ1v) is 9.37. The summed E-state index contributed by atoms with van der Waals surface area (Å²) in [7, 11) is 0. The van der Waals surface area contributed by atoms with Crippen molar-refractivity contribution in [2.24, 2.45) is 5.92 Å². The number of carbonyl (C=O) groups excluding carboxylic acids is 2. The average molecular weight is 385 g/mol. The number of amides is 3. The predicted molar refractivity (Wildman–Crippen MR) is 98.8 cm³/mol. The molecule has 2 aromatic rings. The first-order valence-electron chi connectivity index (χ1n) is 9.37. The summed E-state index contributed by atoms with van der Waals surface area (Å²) < 4.78 is 26.4. The zero-order valence-electron chi connectivity index (χ0n) is 15.3. The topological polar surface area (TPSA) is 52.7 Å². The van der Waals surface area contributed by atoms with E-state index in [2.05, 4.69) is 5.32 Å². The zero-order valence-corrected chi connectivity index (χ0v) is 15.3. The first kappa shape index (κ1) is 18.6. The highest BCUT2D eigenvalue weighted by Gasteiger charge is 2.46. The Bertz CT molecular complexity index is 870. The van der Waals surface area contributed by atoms with Crippen LogP contribution in [-0.4, -0.2) is 34.4 Å². The Morgan fingerprint density at radius 1 is 0.893 bits per heavy atom. The second-order valence-corrected chi connectivity index (χ2v) is 7.24. The summed E-state index contributed by atoms with van der Waals surface area (Å²) >= 11 is 0. The van der Waals surface area contributed by atoms with Crippen LogP contribution in [0.25, 0.3) is 0 Å². The van der Waals surface area contributed by atoms with E-state index in [9.17, 15) is 18.4 Å².